The van der Waals surface area contributed by atoms with Gasteiger partial charge in [0.05, 0.1) is 30.2 Å². The van der Waals surface area contributed by atoms with Gasteiger partial charge in [0.15, 0.2) is 0 Å². The first kappa shape index (κ1) is 14.8. The van der Waals surface area contributed by atoms with E-state index in [2.05, 4.69) is 10.1 Å². The number of aromatic nitrogens is 3. The number of non-ortho nitro benzene ring substituents is 1. The molecule has 0 amide bonds. The summed E-state index contributed by atoms with van der Waals surface area (Å²) in [6, 6.07) is 8.14. The number of aryl methyl sites for hydroxylation is 1. The summed E-state index contributed by atoms with van der Waals surface area (Å²) in [7, 11) is 4.77. The molecular weight excluding hydrogens is 300 g/mol. The van der Waals surface area contributed by atoms with E-state index in [0.717, 1.165) is 5.39 Å². The highest BCUT2D eigenvalue weighted by atomic mass is 16.6. The van der Waals surface area contributed by atoms with E-state index in [-0.39, 0.29) is 5.69 Å². The Morgan fingerprint density at radius 2 is 1.96 bits per heavy atom. The van der Waals surface area contributed by atoms with Crippen molar-refractivity contribution in [2.75, 3.05) is 14.2 Å². The summed E-state index contributed by atoms with van der Waals surface area (Å²) < 4.78 is 12.0. The van der Waals surface area contributed by atoms with Crippen LogP contribution in [0.15, 0.2) is 30.3 Å². The van der Waals surface area contributed by atoms with E-state index in [1.165, 1.54) is 26.4 Å². The fourth-order valence-corrected chi connectivity index (χ4v) is 2.43. The molecule has 0 fully saturated rings. The van der Waals surface area contributed by atoms with E-state index in [1.807, 2.05) is 0 Å². The smallest absolute Gasteiger partial charge is 0.271 e. The maximum atomic E-state index is 10.9. The van der Waals surface area contributed by atoms with Crippen molar-refractivity contribution >= 4 is 16.6 Å². The first-order valence-corrected chi connectivity index (χ1v) is 6.75. The second-order valence-electron chi connectivity index (χ2n) is 4.84. The molecule has 8 heteroatoms. The van der Waals surface area contributed by atoms with Gasteiger partial charge in [-0.1, -0.05) is 0 Å². The molecule has 118 valence electrons. The van der Waals surface area contributed by atoms with Gasteiger partial charge in [0, 0.05) is 30.6 Å². The largest absolute Gasteiger partial charge is 0.481 e. The fourth-order valence-electron chi connectivity index (χ4n) is 2.43. The third-order valence-corrected chi connectivity index (χ3v) is 3.54. The van der Waals surface area contributed by atoms with Gasteiger partial charge in [-0.25, -0.2) is 0 Å². The highest BCUT2D eigenvalue weighted by molar-refractivity contribution is 5.95. The second-order valence-corrected chi connectivity index (χ2v) is 4.84. The molecule has 8 nitrogen and oxygen atoms in total. The SMILES string of the molecule is COc1ccc(-c2nn(C)c3cc([N+](=O)[O-])ccc23)c(OC)n1. The molecule has 0 unspecified atom stereocenters. The topological polar surface area (TPSA) is 92.3 Å². The normalized spacial score (nSPS) is 10.7. The minimum Gasteiger partial charge on any atom is -0.481 e. The molecule has 0 aliphatic heterocycles. The lowest BCUT2D eigenvalue weighted by Crippen LogP contribution is -1.96. The van der Waals surface area contributed by atoms with Crippen molar-refractivity contribution in [2.24, 2.45) is 7.05 Å². The van der Waals surface area contributed by atoms with Gasteiger partial charge in [-0.15, -0.1) is 0 Å². The van der Waals surface area contributed by atoms with Crippen molar-refractivity contribution in [1.29, 1.82) is 0 Å². The van der Waals surface area contributed by atoms with Crippen molar-refractivity contribution in [3.63, 3.8) is 0 Å². The van der Waals surface area contributed by atoms with Crippen LogP contribution >= 0.6 is 0 Å². The van der Waals surface area contributed by atoms with Crippen LogP contribution in [0.3, 0.4) is 0 Å². The molecule has 23 heavy (non-hydrogen) atoms. The molecular formula is C15H14N4O4. The average molecular weight is 314 g/mol. The number of methoxy groups -OCH3 is 2. The summed E-state index contributed by atoms with van der Waals surface area (Å²) in [5, 5.41) is 16.2. The van der Waals surface area contributed by atoms with Crippen LogP contribution in [0.5, 0.6) is 11.8 Å². The van der Waals surface area contributed by atoms with E-state index in [4.69, 9.17) is 9.47 Å². The summed E-state index contributed by atoms with van der Waals surface area (Å²) in [6.45, 7) is 0. The van der Waals surface area contributed by atoms with Crippen LogP contribution in [-0.4, -0.2) is 33.9 Å². The molecule has 0 saturated carbocycles. The first-order chi connectivity index (χ1) is 11.0. The monoisotopic (exact) mass is 314 g/mol. The van der Waals surface area contributed by atoms with E-state index >= 15 is 0 Å². The highest BCUT2D eigenvalue weighted by Crippen LogP contribution is 2.35. The van der Waals surface area contributed by atoms with Crippen LogP contribution in [-0.2, 0) is 7.05 Å². The average Bonchev–Trinajstić information content (AvgIpc) is 2.90. The number of nitrogens with zero attached hydrogens (tertiary/aromatic N) is 4. The summed E-state index contributed by atoms with van der Waals surface area (Å²) >= 11 is 0. The third kappa shape index (κ3) is 2.44. The van der Waals surface area contributed by atoms with Crippen LogP contribution in [0.4, 0.5) is 5.69 Å². The number of benzene rings is 1. The number of nitro benzene ring substituents is 1. The number of nitro groups is 1. The number of rotatable bonds is 4. The molecule has 0 spiro atoms. The summed E-state index contributed by atoms with van der Waals surface area (Å²) in [4.78, 5) is 14.8. The summed E-state index contributed by atoms with van der Waals surface area (Å²) in [6.07, 6.45) is 0. The van der Waals surface area contributed by atoms with Gasteiger partial charge in [-0.2, -0.15) is 10.1 Å². The molecule has 0 atom stereocenters. The lowest BCUT2D eigenvalue weighted by Gasteiger charge is -2.07. The number of fused-ring (bicyclic) bond motifs is 1. The van der Waals surface area contributed by atoms with Gasteiger partial charge >= 0.3 is 0 Å². The Morgan fingerprint density at radius 3 is 2.61 bits per heavy atom. The van der Waals surface area contributed by atoms with Gasteiger partial charge in [-0.3, -0.25) is 14.8 Å². The van der Waals surface area contributed by atoms with Crippen molar-refractivity contribution in [3.8, 4) is 23.0 Å². The van der Waals surface area contributed by atoms with E-state index in [9.17, 15) is 10.1 Å². The zero-order valence-electron chi connectivity index (χ0n) is 12.8. The van der Waals surface area contributed by atoms with Crippen molar-refractivity contribution < 1.29 is 14.4 Å². The van der Waals surface area contributed by atoms with Crippen molar-refractivity contribution in [3.05, 3.63) is 40.4 Å². The zero-order chi connectivity index (χ0) is 16.6. The molecule has 0 bridgehead atoms. The maximum absolute atomic E-state index is 10.9. The number of pyridine rings is 1. The number of hydrogen-bond donors (Lipinski definition) is 0. The first-order valence-electron chi connectivity index (χ1n) is 6.75. The molecule has 0 N–H and O–H groups in total. The van der Waals surface area contributed by atoms with Crippen molar-refractivity contribution in [2.45, 2.75) is 0 Å². The Balaban J connectivity index is 2.23. The van der Waals surface area contributed by atoms with Crippen LogP contribution in [0, 0.1) is 10.1 Å². The molecule has 2 heterocycles. The minimum absolute atomic E-state index is 0.0203. The standard InChI is InChI=1S/C15H14N4O4/c1-18-12-8-9(19(20)21)4-5-10(12)14(17-18)11-6-7-13(22-2)16-15(11)23-3/h4-8H,1-3H3. The Morgan fingerprint density at radius 1 is 1.17 bits per heavy atom. The van der Waals surface area contributed by atoms with Crippen molar-refractivity contribution in [1.82, 2.24) is 14.8 Å². The Bertz CT molecular complexity index is 904. The van der Waals surface area contributed by atoms with Gasteiger partial charge in [-0.05, 0) is 12.1 Å². The van der Waals surface area contributed by atoms with Gasteiger partial charge < -0.3 is 9.47 Å². The Labute approximate surface area is 131 Å². The predicted molar refractivity (Wildman–Crippen MR) is 83.7 cm³/mol. The molecule has 3 aromatic rings. The minimum atomic E-state index is -0.429. The molecule has 0 saturated heterocycles. The number of ether oxygens (including phenoxy) is 2. The lowest BCUT2D eigenvalue weighted by molar-refractivity contribution is -0.384. The van der Waals surface area contributed by atoms with Gasteiger partial charge in [0.2, 0.25) is 11.8 Å². The fraction of sp³-hybridized carbons (Fsp3) is 0.200. The highest BCUT2D eigenvalue weighted by Gasteiger charge is 2.18. The van der Waals surface area contributed by atoms with E-state index in [0.29, 0.717) is 28.5 Å². The molecule has 2 aromatic heterocycles. The summed E-state index contributed by atoms with van der Waals surface area (Å²) in [5.41, 5.74) is 2.01. The molecule has 0 aliphatic carbocycles. The summed E-state index contributed by atoms with van der Waals surface area (Å²) in [5.74, 6) is 0.809. The molecule has 0 radical (unpaired) electrons. The quantitative estimate of drug-likeness (QED) is 0.543. The number of hydrogen-bond acceptors (Lipinski definition) is 6. The van der Waals surface area contributed by atoms with Crippen LogP contribution in [0.25, 0.3) is 22.2 Å². The van der Waals surface area contributed by atoms with Crippen LogP contribution < -0.4 is 9.47 Å². The molecule has 0 aliphatic rings. The molecule has 3 rings (SSSR count). The Kier molecular flexibility index (Phi) is 3.57. The van der Waals surface area contributed by atoms with Gasteiger partial charge in [0.25, 0.3) is 5.69 Å². The second kappa shape index (κ2) is 5.56. The maximum Gasteiger partial charge on any atom is 0.271 e. The van der Waals surface area contributed by atoms with E-state index < -0.39 is 4.92 Å². The Hall–Kier alpha value is -3.16. The lowest BCUT2D eigenvalue weighted by atomic mass is 10.1. The van der Waals surface area contributed by atoms with Gasteiger partial charge in [0.1, 0.15) is 5.69 Å². The predicted octanol–water partition coefficient (Wildman–Crippen LogP) is 2.56. The van der Waals surface area contributed by atoms with E-state index in [1.54, 1.807) is 29.9 Å². The van der Waals surface area contributed by atoms with Crippen LogP contribution in [0.1, 0.15) is 0 Å². The molecule has 1 aromatic carbocycles. The zero-order valence-corrected chi connectivity index (χ0v) is 12.8. The van der Waals surface area contributed by atoms with Crippen LogP contribution in [0.2, 0.25) is 0 Å². The third-order valence-electron chi connectivity index (χ3n) is 3.54.